The number of carbonyl (C=O) groups is 1. The number of hydrogen-bond donors (Lipinski definition) is 1. The molecule has 2 aromatic rings. The van der Waals surface area contributed by atoms with E-state index in [4.69, 9.17) is 9.47 Å². The molecule has 1 amide bonds. The van der Waals surface area contributed by atoms with E-state index in [1.54, 1.807) is 29.2 Å². The lowest BCUT2D eigenvalue weighted by atomic mass is 10.0. The van der Waals surface area contributed by atoms with Crippen molar-refractivity contribution in [1.82, 2.24) is 15.1 Å². The smallest absolute Gasteiger partial charge is 0.413 e. The fraction of sp³-hybridized carbons (Fsp3) is 0.526. The van der Waals surface area contributed by atoms with Gasteiger partial charge in [-0.3, -0.25) is 4.90 Å². The largest absolute Gasteiger partial charge is 0.508 e. The molecular weight excluding hydrogens is 366 g/mol. The van der Waals surface area contributed by atoms with Gasteiger partial charge in [-0.2, -0.15) is 0 Å². The number of carbonyl (C=O) groups excluding carboxylic acids is 1. The molecule has 1 fully saturated rings. The lowest BCUT2D eigenvalue weighted by Crippen LogP contribution is -2.54. The van der Waals surface area contributed by atoms with Crippen LogP contribution in [-0.4, -0.2) is 44.2 Å². The van der Waals surface area contributed by atoms with Gasteiger partial charge in [-0.25, -0.2) is 4.79 Å². The number of aromatic nitrogens is 2. The van der Waals surface area contributed by atoms with Crippen molar-refractivity contribution in [2.45, 2.75) is 58.4 Å². The monoisotopic (exact) mass is 391 g/mol. The molecule has 0 radical (unpaired) electrons. The minimum atomic E-state index is -0.832. The summed E-state index contributed by atoms with van der Waals surface area (Å²) >= 11 is 1.39. The van der Waals surface area contributed by atoms with Gasteiger partial charge >= 0.3 is 6.09 Å². The molecule has 0 spiro atoms. The molecule has 7 nitrogen and oxygen atoms in total. The van der Waals surface area contributed by atoms with E-state index in [2.05, 4.69) is 10.2 Å². The molecule has 1 N–H and O–H groups in total. The van der Waals surface area contributed by atoms with Crippen molar-refractivity contribution in [3.63, 3.8) is 0 Å². The van der Waals surface area contributed by atoms with Gasteiger partial charge in [0, 0.05) is 5.56 Å². The van der Waals surface area contributed by atoms with E-state index in [-0.39, 0.29) is 5.75 Å². The van der Waals surface area contributed by atoms with Crippen molar-refractivity contribution in [3.05, 3.63) is 29.3 Å². The summed E-state index contributed by atoms with van der Waals surface area (Å²) in [5.41, 5.74) is -1.39. The topological polar surface area (TPSA) is 84.8 Å². The Hall–Kier alpha value is -2.19. The quantitative estimate of drug-likeness (QED) is 0.829. The molecule has 1 saturated heterocycles. The average Bonchev–Trinajstić information content (AvgIpc) is 3.10. The fourth-order valence-corrected chi connectivity index (χ4v) is 4.06. The molecule has 0 saturated carbocycles. The van der Waals surface area contributed by atoms with Crippen LogP contribution in [0.4, 0.5) is 4.79 Å². The van der Waals surface area contributed by atoms with Crippen LogP contribution in [0.25, 0.3) is 10.6 Å². The van der Waals surface area contributed by atoms with Gasteiger partial charge in [0.2, 0.25) is 0 Å². The zero-order chi connectivity index (χ0) is 20.0. The number of nitrogens with zero attached hydrogens (tertiary/aromatic N) is 3. The number of phenols is 1. The van der Waals surface area contributed by atoms with E-state index in [1.165, 1.54) is 11.3 Å². The van der Waals surface area contributed by atoms with Gasteiger partial charge in [0.15, 0.2) is 0 Å². The Morgan fingerprint density at radius 2 is 1.85 bits per heavy atom. The van der Waals surface area contributed by atoms with Gasteiger partial charge in [-0.1, -0.05) is 11.3 Å². The fourth-order valence-electron chi connectivity index (χ4n) is 3.09. The van der Waals surface area contributed by atoms with Crippen LogP contribution >= 0.6 is 11.3 Å². The molecule has 1 aromatic heterocycles. The zero-order valence-electron chi connectivity index (χ0n) is 16.4. The number of amides is 1. The van der Waals surface area contributed by atoms with Crippen LogP contribution in [0.1, 0.15) is 46.6 Å². The third kappa shape index (κ3) is 3.77. The van der Waals surface area contributed by atoms with E-state index in [9.17, 15) is 9.90 Å². The van der Waals surface area contributed by atoms with Crippen molar-refractivity contribution >= 4 is 17.4 Å². The highest BCUT2D eigenvalue weighted by Crippen LogP contribution is 2.44. The number of benzene rings is 1. The molecule has 2 heterocycles. The van der Waals surface area contributed by atoms with Crippen LogP contribution in [-0.2, 0) is 15.0 Å². The molecule has 1 aromatic carbocycles. The minimum absolute atomic E-state index is 0.192. The summed E-state index contributed by atoms with van der Waals surface area (Å²) in [6.45, 7) is 11.4. The first kappa shape index (κ1) is 19.6. The van der Waals surface area contributed by atoms with Gasteiger partial charge in [0.1, 0.15) is 32.6 Å². The number of aromatic hydroxyl groups is 1. The van der Waals surface area contributed by atoms with Gasteiger partial charge in [0.05, 0.1) is 6.61 Å². The maximum absolute atomic E-state index is 12.9. The summed E-state index contributed by atoms with van der Waals surface area (Å²) in [6.07, 6.45) is -0.450. The van der Waals surface area contributed by atoms with Gasteiger partial charge in [0.25, 0.3) is 0 Å². The molecule has 27 heavy (non-hydrogen) atoms. The van der Waals surface area contributed by atoms with Crippen LogP contribution in [0.15, 0.2) is 24.3 Å². The Labute approximate surface area is 162 Å². The van der Waals surface area contributed by atoms with Crippen molar-refractivity contribution in [1.29, 1.82) is 0 Å². The third-order valence-corrected chi connectivity index (χ3v) is 5.54. The highest BCUT2D eigenvalue weighted by Gasteiger charge is 2.55. The second-order valence-corrected chi connectivity index (χ2v) is 9.26. The number of rotatable bonds is 2. The van der Waals surface area contributed by atoms with Crippen molar-refractivity contribution < 1.29 is 19.4 Å². The predicted molar refractivity (Wildman–Crippen MR) is 102 cm³/mol. The highest BCUT2D eigenvalue weighted by molar-refractivity contribution is 7.14. The van der Waals surface area contributed by atoms with Crippen molar-refractivity contribution in [3.8, 4) is 16.3 Å². The molecule has 0 bridgehead atoms. The average molecular weight is 391 g/mol. The van der Waals surface area contributed by atoms with Crippen LogP contribution in [0.3, 0.4) is 0 Å². The maximum Gasteiger partial charge on any atom is 0.413 e. The minimum Gasteiger partial charge on any atom is -0.508 e. The second-order valence-electron chi connectivity index (χ2n) is 8.28. The SMILES string of the molecule is CC(C)(C)OC(=O)N1C(C)(C)OCC1(C)c1nnc(-c2ccc(O)cc2)s1. The van der Waals surface area contributed by atoms with E-state index < -0.39 is 23.0 Å². The lowest BCUT2D eigenvalue weighted by molar-refractivity contribution is -0.0685. The summed E-state index contributed by atoms with van der Waals surface area (Å²) in [6, 6.07) is 6.77. The van der Waals surface area contributed by atoms with Gasteiger partial charge < -0.3 is 14.6 Å². The Bertz CT molecular complexity index is 841. The number of hydrogen-bond acceptors (Lipinski definition) is 7. The zero-order valence-corrected chi connectivity index (χ0v) is 17.3. The van der Waals surface area contributed by atoms with Crippen LogP contribution in [0, 0.1) is 0 Å². The summed E-state index contributed by atoms with van der Waals surface area (Å²) in [7, 11) is 0. The predicted octanol–water partition coefficient (Wildman–Crippen LogP) is 4.13. The maximum atomic E-state index is 12.9. The van der Waals surface area contributed by atoms with Gasteiger partial charge in [-0.15, -0.1) is 10.2 Å². The highest BCUT2D eigenvalue weighted by atomic mass is 32.1. The second kappa shape index (κ2) is 6.45. The summed E-state index contributed by atoms with van der Waals surface area (Å²) in [5.74, 6) is 0.192. The molecular formula is C19H25N3O4S. The normalized spacial score (nSPS) is 22.1. The molecule has 0 aliphatic carbocycles. The molecule has 1 aliphatic heterocycles. The Morgan fingerprint density at radius 1 is 1.22 bits per heavy atom. The van der Waals surface area contributed by atoms with E-state index >= 15 is 0 Å². The molecule has 146 valence electrons. The van der Waals surface area contributed by atoms with E-state index in [1.807, 2.05) is 41.5 Å². The molecule has 3 rings (SSSR count). The summed E-state index contributed by atoms with van der Waals surface area (Å²) in [5, 5.41) is 19.5. The Morgan fingerprint density at radius 3 is 2.44 bits per heavy atom. The first-order valence-electron chi connectivity index (χ1n) is 8.73. The van der Waals surface area contributed by atoms with Crippen molar-refractivity contribution in [2.75, 3.05) is 6.61 Å². The summed E-state index contributed by atoms with van der Waals surface area (Å²) < 4.78 is 11.5. The molecule has 8 heteroatoms. The first-order valence-corrected chi connectivity index (χ1v) is 9.55. The van der Waals surface area contributed by atoms with Crippen LogP contribution in [0.2, 0.25) is 0 Å². The number of ether oxygens (including phenoxy) is 2. The number of phenolic OH excluding ortho intramolecular Hbond substituents is 1. The summed E-state index contributed by atoms with van der Waals surface area (Å²) in [4.78, 5) is 14.5. The lowest BCUT2D eigenvalue weighted by Gasteiger charge is -2.39. The first-order chi connectivity index (χ1) is 12.4. The van der Waals surface area contributed by atoms with Gasteiger partial charge in [-0.05, 0) is 65.8 Å². The third-order valence-electron chi connectivity index (χ3n) is 4.31. The molecule has 1 atom stereocenters. The Kier molecular flexibility index (Phi) is 4.68. The van der Waals surface area contributed by atoms with Crippen LogP contribution < -0.4 is 0 Å². The van der Waals surface area contributed by atoms with E-state index in [0.717, 1.165) is 5.56 Å². The van der Waals surface area contributed by atoms with Crippen LogP contribution in [0.5, 0.6) is 5.75 Å². The molecule has 1 aliphatic rings. The standard InChI is InChI=1S/C19H25N3O4S/c1-17(2,3)26-16(24)22-18(4,5)25-11-19(22,6)15-21-20-14(27-15)12-7-9-13(23)10-8-12/h7-10,23H,11H2,1-6H3. The Balaban J connectivity index is 1.96. The van der Waals surface area contributed by atoms with E-state index in [0.29, 0.717) is 16.6 Å². The molecule has 1 unspecified atom stereocenters. The van der Waals surface area contributed by atoms with Crippen molar-refractivity contribution in [2.24, 2.45) is 0 Å².